The lowest BCUT2D eigenvalue weighted by molar-refractivity contribution is 0.0734. The van der Waals surface area contributed by atoms with Crippen molar-refractivity contribution < 1.29 is 19.1 Å². The average Bonchev–Trinajstić information content (AvgIpc) is 3.37. The van der Waals surface area contributed by atoms with Gasteiger partial charge in [-0.3, -0.25) is 4.79 Å². The fraction of sp³-hybridized carbons (Fsp3) is 0.0333. The predicted molar refractivity (Wildman–Crippen MR) is 151 cm³/mol. The van der Waals surface area contributed by atoms with Crippen molar-refractivity contribution in [2.75, 3.05) is 7.11 Å². The number of hydrogen-bond acceptors (Lipinski definition) is 5. The number of esters is 1. The monoisotopic (exact) mass is 567 g/mol. The number of nitrogens with zero attached hydrogens (tertiary/aromatic N) is 1. The van der Waals surface area contributed by atoms with Gasteiger partial charge < -0.3 is 14.5 Å². The Kier molecular flexibility index (Phi) is 7.33. The quantitative estimate of drug-likeness (QED) is 0.100. The third-order valence-electron chi connectivity index (χ3n) is 5.88. The number of hydrazone groups is 1. The molecule has 38 heavy (non-hydrogen) atoms. The maximum absolute atomic E-state index is 13.4. The minimum absolute atomic E-state index is 0.323. The van der Waals surface area contributed by atoms with Gasteiger partial charge in [-0.25, -0.2) is 10.2 Å². The zero-order valence-electron chi connectivity index (χ0n) is 20.3. The van der Waals surface area contributed by atoms with Gasteiger partial charge in [0, 0.05) is 21.0 Å². The van der Waals surface area contributed by atoms with E-state index in [1.165, 1.54) is 6.21 Å². The van der Waals surface area contributed by atoms with E-state index in [1.807, 2.05) is 48.5 Å². The van der Waals surface area contributed by atoms with E-state index < -0.39 is 11.9 Å². The summed E-state index contributed by atoms with van der Waals surface area (Å²) in [4.78, 5) is 29.1. The smallest absolute Gasteiger partial charge is 0.343 e. The minimum Gasteiger partial charge on any atom is -0.495 e. The van der Waals surface area contributed by atoms with Crippen LogP contribution < -0.4 is 14.9 Å². The second-order valence-corrected chi connectivity index (χ2v) is 9.09. The van der Waals surface area contributed by atoms with E-state index in [0.29, 0.717) is 33.8 Å². The molecule has 0 unspecified atom stereocenters. The van der Waals surface area contributed by atoms with E-state index in [1.54, 1.807) is 55.6 Å². The second-order valence-electron chi connectivity index (χ2n) is 8.23. The number of fused-ring (bicyclic) bond motifs is 1. The van der Waals surface area contributed by atoms with Crippen molar-refractivity contribution in [3.05, 3.63) is 118 Å². The number of benzene rings is 4. The number of methoxy groups -OCH3 is 1. The van der Waals surface area contributed by atoms with Crippen LogP contribution in [0.15, 0.2) is 107 Å². The third-order valence-corrected chi connectivity index (χ3v) is 6.54. The molecule has 7 nitrogen and oxygen atoms in total. The minimum atomic E-state index is -0.486. The van der Waals surface area contributed by atoms with Gasteiger partial charge in [-0.1, -0.05) is 76.6 Å². The van der Waals surface area contributed by atoms with Crippen molar-refractivity contribution in [1.29, 1.82) is 0 Å². The van der Waals surface area contributed by atoms with Crippen LogP contribution >= 0.6 is 15.9 Å². The summed E-state index contributed by atoms with van der Waals surface area (Å²) in [6.45, 7) is 0. The summed E-state index contributed by atoms with van der Waals surface area (Å²) in [5, 5.41) is 4.97. The van der Waals surface area contributed by atoms with E-state index in [0.717, 1.165) is 21.0 Å². The maximum atomic E-state index is 13.4. The topological polar surface area (TPSA) is 92.8 Å². The average molecular weight is 568 g/mol. The molecule has 0 saturated carbocycles. The number of amides is 1. The zero-order valence-corrected chi connectivity index (χ0v) is 21.9. The first-order chi connectivity index (χ1) is 18.6. The first-order valence-electron chi connectivity index (χ1n) is 11.7. The van der Waals surface area contributed by atoms with Crippen molar-refractivity contribution in [3.63, 3.8) is 0 Å². The molecule has 188 valence electrons. The number of hydrogen-bond donors (Lipinski definition) is 2. The van der Waals surface area contributed by atoms with Crippen molar-refractivity contribution >= 4 is 44.9 Å². The molecule has 0 aliphatic carbocycles. The van der Waals surface area contributed by atoms with Crippen molar-refractivity contribution in [3.8, 4) is 22.6 Å². The van der Waals surface area contributed by atoms with Gasteiger partial charge in [0.05, 0.1) is 24.4 Å². The lowest BCUT2D eigenvalue weighted by Crippen LogP contribution is -2.19. The molecular weight excluding hydrogens is 546 g/mol. The van der Waals surface area contributed by atoms with Crippen LogP contribution in [0.5, 0.6) is 11.5 Å². The molecule has 1 heterocycles. The molecule has 0 atom stereocenters. The Morgan fingerprint density at radius 3 is 2.29 bits per heavy atom. The van der Waals surface area contributed by atoms with Crippen LogP contribution in [0, 0.1) is 0 Å². The molecule has 0 saturated heterocycles. The highest BCUT2D eigenvalue weighted by atomic mass is 79.9. The summed E-state index contributed by atoms with van der Waals surface area (Å²) in [5.74, 6) is 0.00491. The number of ether oxygens (including phenoxy) is 2. The number of nitrogens with one attached hydrogen (secondary N) is 2. The summed E-state index contributed by atoms with van der Waals surface area (Å²) >= 11 is 3.62. The summed E-state index contributed by atoms with van der Waals surface area (Å²) in [7, 11) is 1.58. The van der Waals surface area contributed by atoms with Crippen molar-refractivity contribution in [2.45, 2.75) is 0 Å². The lowest BCUT2D eigenvalue weighted by atomic mass is 10.0. The first-order valence-corrected chi connectivity index (χ1v) is 12.5. The van der Waals surface area contributed by atoms with Crippen LogP contribution in [0.25, 0.3) is 22.0 Å². The number of aromatic amines is 1. The lowest BCUT2D eigenvalue weighted by Gasteiger charge is -2.07. The SMILES string of the molecule is COc1ccc(Br)c2c(-c3ccccc3)c(C(=O)NN=Cc3ccccc3OC(=O)c3ccccc3)[nH]c12. The molecule has 1 amide bonds. The number of H-pyrrole nitrogens is 1. The molecule has 2 N–H and O–H groups in total. The van der Waals surface area contributed by atoms with Crippen LogP contribution in [-0.4, -0.2) is 30.2 Å². The van der Waals surface area contributed by atoms with Crippen LogP contribution in [0.3, 0.4) is 0 Å². The second kappa shape index (κ2) is 11.1. The van der Waals surface area contributed by atoms with Gasteiger partial charge in [-0.05, 0) is 42.0 Å². The summed E-state index contributed by atoms with van der Waals surface area (Å²) in [5.41, 5.74) is 6.15. The maximum Gasteiger partial charge on any atom is 0.343 e. The fourth-order valence-corrected chi connectivity index (χ4v) is 4.63. The standard InChI is InChI=1S/C30H22BrN3O4/c1-37-24-17-16-22(31)26-25(19-10-4-2-5-11-19)28(33-27(24)26)29(35)34-32-18-21-14-8-9-15-23(21)38-30(36)20-12-6-3-7-13-20/h2-18,33H,1H3,(H,34,35). The van der Waals surface area contributed by atoms with E-state index in [4.69, 9.17) is 9.47 Å². The van der Waals surface area contributed by atoms with Crippen LogP contribution in [0.1, 0.15) is 26.4 Å². The Hall–Kier alpha value is -4.69. The van der Waals surface area contributed by atoms with Gasteiger partial charge in [0.2, 0.25) is 0 Å². The van der Waals surface area contributed by atoms with Crippen LogP contribution in [-0.2, 0) is 0 Å². The Morgan fingerprint density at radius 2 is 1.55 bits per heavy atom. The van der Waals surface area contributed by atoms with Gasteiger partial charge in [0.25, 0.3) is 5.91 Å². The summed E-state index contributed by atoms with van der Waals surface area (Å²) in [6, 6.07) is 29.0. The first kappa shape index (κ1) is 25.0. The van der Waals surface area contributed by atoms with Crippen molar-refractivity contribution in [1.82, 2.24) is 10.4 Å². The predicted octanol–water partition coefficient (Wildman–Crippen LogP) is 6.59. The zero-order chi connectivity index (χ0) is 26.5. The van der Waals surface area contributed by atoms with Gasteiger partial charge >= 0.3 is 5.97 Å². The number of carbonyl (C=O) groups is 2. The molecule has 0 spiro atoms. The Morgan fingerprint density at radius 1 is 0.868 bits per heavy atom. The molecule has 0 aliphatic heterocycles. The normalized spacial score (nSPS) is 11.0. The van der Waals surface area contributed by atoms with Gasteiger partial charge in [0.1, 0.15) is 17.2 Å². The Bertz CT molecular complexity index is 1650. The van der Waals surface area contributed by atoms with Gasteiger partial charge in [0.15, 0.2) is 0 Å². The highest BCUT2D eigenvalue weighted by molar-refractivity contribution is 9.10. The fourth-order valence-electron chi connectivity index (χ4n) is 4.10. The van der Waals surface area contributed by atoms with E-state index >= 15 is 0 Å². The van der Waals surface area contributed by atoms with Crippen LogP contribution in [0.4, 0.5) is 0 Å². The third kappa shape index (κ3) is 5.07. The molecule has 0 bridgehead atoms. The van der Waals surface area contributed by atoms with E-state index in [9.17, 15) is 9.59 Å². The molecule has 0 radical (unpaired) electrons. The Balaban J connectivity index is 1.44. The molecule has 0 aliphatic rings. The van der Waals surface area contributed by atoms with Gasteiger partial charge in [-0.15, -0.1) is 0 Å². The highest BCUT2D eigenvalue weighted by Gasteiger charge is 2.23. The largest absolute Gasteiger partial charge is 0.495 e. The summed E-state index contributed by atoms with van der Waals surface area (Å²) in [6.07, 6.45) is 1.44. The number of halogens is 1. The molecule has 0 fully saturated rings. The number of rotatable bonds is 7. The molecule has 8 heteroatoms. The number of carbonyl (C=O) groups excluding carboxylic acids is 2. The van der Waals surface area contributed by atoms with Gasteiger partial charge in [-0.2, -0.15) is 5.10 Å². The Labute approximate surface area is 227 Å². The van der Waals surface area contributed by atoms with Crippen LogP contribution in [0.2, 0.25) is 0 Å². The molecule has 4 aromatic carbocycles. The van der Waals surface area contributed by atoms with E-state index in [2.05, 4.69) is 31.4 Å². The van der Waals surface area contributed by atoms with E-state index in [-0.39, 0.29) is 0 Å². The molecule has 5 aromatic rings. The summed E-state index contributed by atoms with van der Waals surface area (Å²) < 4.78 is 11.9. The molecule has 5 rings (SSSR count). The van der Waals surface area contributed by atoms with Crippen molar-refractivity contribution in [2.24, 2.45) is 5.10 Å². The molecule has 1 aromatic heterocycles. The highest BCUT2D eigenvalue weighted by Crippen LogP contribution is 2.40. The number of aromatic nitrogens is 1. The molecular formula is C30H22BrN3O4. The number of para-hydroxylation sites is 1.